The first-order valence-corrected chi connectivity index (χ1v) is 14.7. The van der Waals surface area contributed by atoms with E-state index in [9.17, 15) is 0 Å². The van der Waals surface area contributed by atoms with Crippen molar-refractivity contribution in [2.45, 2.75) is 0 Å². The van der Waals surface area contributed by atoms with Crippen molar-refractivity contribution in [3.8, 4) is 33.6 Å². The van der Waals surface area contributed by atoms with Gasteiger partial charge in [-0.1, -0.05) is 121 Å². The van der Waals surface area contributed by atoms with Crippen LogP contribution in [0.4, 0.5) is 0 Å². The summed E-state index contributed by atoms with van der Waals surface area (Å²) in [6, 6.07) is 46.6. The van der Waals surface area contributed by atoms with Crippen molar-refractivity contribution in [3.63, 3.8) is 0 Å². The van der Waals surface area contributed by atoms with E-state index in [-0.39, 0.29) is 29.7 Å². The van der Waals surface area contributed by atoms with Crippen LogP contribution in [0.1, 0.15) is 6.85 Å². The summed E-state index contributed by atoms with van der Waals surface area (Å²) in [5.41, 5.74) is 9.36. The number of benzene rings is 7. The molecule has 0 spiro atoms. The van der Waals surface area contributed by atoms with Crippen molar-refractivity contribution in [2.75, 3.05) is 0 Å². The normalized spacial score (nSPS) is 13.2. The minimum absolute atomic E-state index is 0.202. The fourth-order valence-corrected chi connectivity index (χ4v) is 6.68. The smallest absolute Gasteiger partial charge is 0.0641 e. The molecule has 2 heterocycles. The summed E-state index contributed by atoms with van der Waals surface area (Å²) in [6.45, 7) is 0. The van der Waals surface area contributed by atoms with E-state index >= 15 is 0 Å². The summed E-state index contributed by atoms with van der Waals surface area (Å²) in [5, 5.41) is 4.77. The number of para-hydroxylation sites is 3. The van der Waals surface area contributed by atoms with Crippen LogP contribution < -0.4 is 0 Å². The largest absolute Gasteiger partial charge is 0.309 e. The van der Waals surface area contributed by atoms with Gasteiger partial charge in [-0.05, 0) is 70.8 Å². The standard InChI is InChI=1S/C42H28N2/c1-3-12-29(13-4-1)31-14-11-15-32(28-31)30-22-24-34(25-23-30)44-38-20-9-7-18-35(38)36-26-27-40-41(42(36)44)37-19-8-10-21-39(37)43(40)33-16-5-2-6-17-33/h1-28H/i1D,3D,4D,12D,13D. The van der Waals surface area contributed by atoms with Crippen LogP contribution in [0, 0.1) is 0 Å². The van der Waals surface area contributed by atoms with Crippen molar-refractivity contribution in [2.24, 2.45) is 0 Å². The maximum atomic E-state index is 8.47. The molecule has 0 bridgehead atoms. The minimum Gasteiger partial charge on any atom is -0.309 e. The predicted molar refractivity (Wildman–Crippen MR) is 186 cm³/mol. The lowest BCUT2D eigenvalue weighted by Crippen LogP contribution is -1.95. The van der Waals surface area contributed by atoms with Gasteiger partial charge in [0.1, 0.15) is 0 Å². The van der Waals surface area contributed by atoms with Crippen LogP contribution in [0.5, 0.6) is 0 Å². The molecule has 0 aliphatic carbocycles. The van der Waals surface area contributed by atoms with E-state index in [0.29, 0.717) is 5.56 Å². The highest BCUT2D eigenvalue weighted by atomic mass is 15.0. The number of rotatable bonds is 4. The van der Waals surface area contributed by atoms with E-state index in [1.54, 1.807) is 6.07 Å². The highest BCUT2D eigenvalue weighted by molar-refractivity contribution is 6.26. The lowest BCUT2D eigenvalue weighted by Gasteiger charge is -2.11. The minimum atomic E-state index is -0.391. The summed E-state index contributed by atoms with van der Waals surface area (Å²) in [6.07, 6.45) is 0. The molecule has 2 heteroatoms. The summed E-state index contributed by atoms with van der Waals surface area (Å²) >= 11 is 0. The molecule has 0 saturated heterocycles. The Morgan fingerprint density at radius 1 is 0.386 bits per heavy atom. The van der Waals surface area contributed by atoms with Gasteiger partial charge in [0.15, 0.2) is 0 Å². The molecule has 206 valence electrons. The molecule has 9 aromatic rings. The summed E-state index contributed by atoms with van der Waals surface area (Å²) in [4.78, 5) is 0. The van der Waals surface area contributed by atoms with Gasteiger partial charge < -0.3 is 9.13 Å². The molecule has 0 amide bonds. The first-order chi connectivity index (χ1) is 23.9. The third-order valence-corrected chi connectivity index (χ3v) is 8.59. The average Bonchev–Trinajstić information content (AvgIpc) is 3.67. The van der Waals surface area contributed by atoms with Crippen LogP contribution in [0.2, 0.25) is 0 Å². The monoisotopic (exact) mass is 565 g/mol. The van der Waals surface area contributed by atoms with E-state index < -0.39 is 6.04 Å². The molecule has 0 aliphatic rings. The summed E-state index contributed by atoms with van der Waals surface area (Å²) in [5.74, 6) is 0. The fraction of sp³-hybridized carbons (Fsp3) is 0. The van der Waals surface area contributed by atoms with Gasteiger partial charge in [0, 0.05) is 32.9 Å². The topological polar surface area (TPSA) is 9.86 Å². The summed E-state index contributed by atoms with van der Waals surface area (Å²) in [7, 11) is 0. The van der Waals surface area contributed by atoms with Gasteiger partial charge in [-0.3, -0.25) is 0 Å². The van der Waals surface area contributed by atoms with Crippen molar-refractivity contribution >= 4 is 43.6 Å². The van der Waals surface area contributed by atoms with E-state index in [1.807, 2.05) is 24.3 Å². The van der Waals surface area contributed by atoms with Crippen LogP contribution in [-0.2, 0) is 0 Å². The number of hydrogen-bond acceptors (Lipinski definition) is 0. The highest BCUT2D eigenvalue weighted by Crippen LogP contribution is 2.42. The first-order valence-electron chi connectivity index (χ1n) is 17.2. The quantitative estimate of drug-likeness (QED) is 0.201. The second-order valence-corrected chi connectivity index (χ2v) is 11.0. The van der Waals surface area contributed by atoms with Crippen LogP contribution in [-0.4, -0.2) is 9.13 Å². The van der Waals surface area contributed by atoms with Crippen molar-refractivity contribution < 1.29 is 6.85 Å². The van der Waals surface area contributed by atoms with Gasteiger partial charge in [-0.15, -0.1) is 0 Å². The van der Waals surface area contributed by atoms with Gasteiger partial charge in [0.25, 0.3) is 0 Å². The molecule has 0 N–H and O–H groups in total. The van der Waals surface area contributed by atoms with Crippen molar-refractivity contribution in [1.82, 2.24) is 9.13 Å². The molecule has 0 unspecified atom stereocenters. The Morgan fingerprint density at radius 3 is 1.80 bits per heavy atom. The molecule has 44 heavy (non-hydrogen) atoms. The maximum Gasteiger partial charge on any atom is 0.0641 e. The Labute approximate surface area is 262 Å². The van der Waals surface area contributed by atoms with Crippen molar-refractivity contribution in [3.05, 3.63) is 170 Å². The SMILES string of the molecule is [2H]c1c([2H])c([2H])c(-c2cccc(-c3ccc(-n4c5ccccc5c5ccc6c(c7ccccc7n6-c6ccccc6)c54)cc3)c2)c([2H])c1[2H]. The Hall–Kier alpha value is -5.86. The van der Waals surface area contributed by atoms with Gasteiger partial charge in [-0.25, -0.2) is 0 Å². The molecule has 0 aliphatic heterocycles. The Morgan fingerprint density at radius 2 is 1.02 bits per heavy atom. The molecular formula is C42H28N2. The lowest BCUT2D eigenvalue weighted by atomic mass is 9.99. The Bertz CT molecular complexity index is 2730. The number of hydrogen-bond donors (Lipinski definition) is 0. The average molecular weight is 566 g/mol. The first kappa shape index (κ1) is 20.1. The number of nitrogens with zero attached hydrogens (tertiary/aromatic N) is 2. The van der Waals surface area contributed by atoms with Crippen LogP contribution in [0.15, 0.2) is 170 Å². The maximum absolute atomic E-state index is 8.47. The zero-order valence-corrected chi connectivity index (χ0v) is 23.7. The van der Waals surface area contributed by atoms with Crippen molar-refractivity contribution in [1.29, 1.82) is 0 Å². The zero-order valence-electron chi connectivity index (χ0n) is 28.7. The lowest BCUT2D eigenvalue weighted by molar-refractivity contribution is 1.17. The molecule has 0 saturated carbocycles. The Balaban J connectivity index is 1.25. The Kier molecular flexibility index (Phi) is 4.51. The van der Waals surface area contributed by atoms with Gasteiger partial charge >= 0.3 is 0 Å². The van der Waals surface area contributed by atoms with Gasteiger partial charge in [0.2, 0.25) is 0 Å². The third kappa shape index (κ3) is 3.75. The van der Waals surface area contributed by atoms with Gasteiger partial charge in [0.05, 0.1) is 28.9 Å². The summed E-state index contributed by atoms with van der Waals surface area (Å²) < 4.78 is 45.9. The fourth-order valence-electron chi connectivity index (χ4n) is 6.68. The molecule has 0 fully saturated rings. The molecule has 7 aromatic carbocycles. The van der Waals surface area contributed by atoms with E-state index in [2.05, 4.69) is 118 Å². The van der Waals surface area contributed by atoms with Crippen LogP contribution in [0.25, 0.3) is 77.2 Å². The molecule has 2 nitrogen and oxygen atoms in total. The van der Waals surface area contributed by atoms with E-state index in [0.717, 1.165) is 44.6 Å². The molecular weight excluding hydrogens is 532 g/mol. The van der Waals surface area contributed by atoms with Crippen LogP contribution >= 0.6 is 0 Å². The third-order valence-electron chi connectivity index (χ3n) is 8.59. The van der Waals surface area contributed by atoms with Crippen LogP contribution in [0.3, 0.4) is 0 Å². The van der Waals surface area contributed by atoms with Gasteiger partial charge in [-0.2, -0.15) is 0 Å². The molecule has 0 atom stereocenters. The molecule has 9 rings (SSSR count). The predicted octanol–water partition coefficient (Wildman–Crippen LogP) is 11.2. The second-order valence-electron chi connectivity index (χ2n) is 11.0. The van der Waals surface area contributed by atoms with E-state index in [1.165, 1.54) is 21.5 Å². The molecule has 0 radical (unpaired) electrons. The molecule has 2 aromatic heterocycles. The zero-order chi connectivity index (χ0) is 33.4. The van der Waals surface area contributed by atoms with E-state index in [4.69, 9.17) is 6.85 Å². The number of fused-ring (bicyclic) bond motifs is 7. The highest BCUT2D eigenvalue weighted by Gasteiger charge is 2.20. The number of aromatic nitrogens is 2. The second kappa shape index (κ2) is 9.86.